The minimum Gasteiger partial charge on any atom is -0.369 e. The second kappa shape index (κ2) is 4.96. The fraction of sp³-hybridized carbons (Fsp3) is 0.0714. The van der Waals surface area contributed by atoms with Crippen LogP contribution < -0.4 is 5.73 Å². The topological polar surface area (TPSA) is 43.8 Å². The zero-order valence-corrected chi connectivity index (χ0v) is 11.8. The first kappa shape index (κ1) is 13.2. The van der Waals surface area contributed by atoms with Crippen LogP contribution in [0.15, 0.2) is 36.4 Å². The highest BCUT2D eigenvalue weighted by molar-refractivity contribution is 6.31. The maximum absolute atomic E-state index is 13.6. The molecule has 0 bridgehead atoms. The van der Waals surface area contributed by atoms with Gasteiger partial charge in [0.25, 0.3) is 0 Å². The Morgan fingerprint density at radius 3 is 2.55 bits per heavy atom. The monoisotopic (exact) mass is 309 g/mol. The summed E-state index contributed by atoms with van der Waals surface area (Å²) in [5.74, 6) is -0.173. The van der Waals surface area contributed by atoms with Crippen LogP contribution in [0, 0.1) is 5.82 Å². The molecule has 0 aliphatic rings. The molecule has 0 aliphatic carbocycles. The van der Waals surface area contributed by atoms with Crippen LogP contribution in [0.4, 0.5) is 10.3 Å². The molecule has 0 radical (unpaired) electrons. The molecule has 0 aliphatic heterocycles. The van der Waals surface area contributed by atoms with Gasteiger partial charge in [-0.25, -0.2) is 9.37 Å². The molecule has 0 saturated carbocycles. The number of nitrogen functional groups attached to an aromatic ring is 1. The molecule has 3 rings (SSSR count). The number of hydrogen-bond donors (Lipinski definition) is 1. The molecule has 3 nitrogen and oxygen atoms in total. The van der Waals surface area contributed by atoms with Crippen LogP contribution in [-0.2, 0) is 6.54 Å². The van der Waals surface area contributed by atoms with E-state index in [4.69, 9.17) is 28.9 Å². The minimum absolute atomic E-state index is 0.0358. The van der Waals surface area contributed by atoms with Crippen LogP contribution in [0.3, 0.4) is 0 Å². The zero-order valence-electron chi connectivity index (χ0n) is 10.3. The number of benzene rings is 2. The van der Waals surface area contributed by atoms with Gasteiger partial charge < -0.3 is 10.3 Å². The molecule has 20 heavy (non-hydrogen) atoms. The Bertz CT molecular complexity index is 781. The molecular formula is C14H10Cl2FN3. The smallest absolute Gasteiger partial charge is 0.201 e. The Labute approximate surface area is 124 Å². The normalized spacial score (nSPS) is 11.2. The van der Waals surface area contributed by atoms with Crippen LogP contribution in [0.5, 0.6) is 0 Å². The van der Waals surface area contributed by atoms with E-state index in [-0.39, 0.29) is 5.02 Å². The zero-order chi connectivity index (χ0) is 14.3. The Morgan fingerprint density at radius 2 is 1.85 bits per heavy atom. The third-order valence-electron chi connectivity index (χ3n) is 3.07. The number of hydrogen-bond acceptors (Lipinski definition) is 2. The average molecular weight is 310 g/mol. The first-order valence-electron chi connectivity index (χ1n) is 5.90. The Hall–Kier alpha value is -1.78. The van der Waals surface area contributed by atoms with Gasteiger partial charge in [-0.3, -0.25) is 0 Å². The second-order valence-corrected chi connectivity index (χ2v) is 5.28. The molecule has 1 aromatic heterocycles. The fourth-order valence-electron chi connectivity index (χ4n) is 2.08. The molecule has 1 heterocycles. The molecule has 0 fully saturated rings. The summed E-state index contributed by atoms with van der Waals surface area (Å²) in [5.41, 5.74) is 8.07. The molecule has 0 atom stereocenters. The lowest BCUT2D eigenvalue weighted by Crippen LogP contribution is -2.04. The Morgan fingerprint density at radius 1 is 1.15 bits per heavy atom. The van der Waals surface area contributed by atoms with Crippen molar-refractivity contribution in [3.05, 3.63) is 57.8 Å². The molecular weight excluding hydrogens is 300 g/mol. The quantitative estimate of drug-likeness (QED) is 0.774. The summed E-state index contributed by atoms with van der Waals surface area (Å²) in [7, 11) is 0. The van der Waals surface area contributed by atoms with Gasteiger partial charge in [-0.2, -0.15) is 0 Å². The van der Waals surface area contributed by atoms with Crippen LogP contribution in [0.1, 0.15) is 5.56 Å². The summed E-state index contributed by atoms with van der Waals surface area (Å²) < 4.78 is 15.3. The van der Waals surface area contributed by atoms with Crippen molar-refractivity contribution < 1.29 is 4.39 Å². The SMILES string of the molecule is Nc1nc2cc(Cl)c(F)cc2n1Cc1ccc(Cl)cc1. The number of anilines is 1. The minimum atomic E-state index is -0.489. The van der Waals surface area contributed by atoms with Gasteiger partial charge in [0.05, 0.1) is 22.6 Å². The molecule has 2 N–H and O–H groups in total. The molecule has 0 spiro atoms. The highest BCUT2D eigenvalue weighted by Crippen LogP contribution is 2.25. The van der Waals surface area contributed by atoms with Crippen molar-refractivity contribution in [3.8, 4) is 0 Å². The number of halogens is 3. The van der Waals surface area contributed by atoms with E-state index < -0.39 is 5.82 Å². The molecule has 2 aromatic carbocycles. The van der Waals surface area contributed by atoms with Crippen LogP contribution in [0.25, 0.3) is 11.0 Å². The lowest BCUT2D eigenvalue weighted by Gasteiger charge is -2.07. The Balaban J connectivity index is 2.08. The first-order valence-corrected chi connectivity index (χ1v) is 6.65. The number of fused-ring (bicyclic) bond motifs is 1. The van der Waals surface area contributed by atoms with Gasteiger partial charge in [0.15, 0.2) is 0 Å². The van der Waals surface area contributed by atoms with Crippen molar-refractivity contribution in [2.75, 3.05) is 5.73 Å². The van der Waals surface area contributed by atoms with E-state index in [1.54, 1.807) is 16.7 Å². The highest BCUT2D eigenvalue weighted by Gasteiger charge is 2.12. The summed E-state index contributed by atoms with van der Waals surface area (Å²) >= 11 is 11.6. The third-order valence-corrected chi connectivity index (χ3v) is 3.62. The lowest BCUT2D eigenvalue weighted by atomic mass is 10.2. The predicted octanol–water partition coefficient (Wildman–Crippen LogP) is 4.11. The van der Waals surface area contributed by atoms with Crippen molar-refractivity contribution in [3.63, 3.8) is 0 Å². The van der Waals surface area contributed by atoms with Gasteiger partial charge in [0.1, 0.15) is 5.82 Å². The summed E-state index contributed by atoms with van der Waals surface area (Å²) in [6, 6.07) is 10.2. The summed E-state index contributed by atoms with van der Waals surface area (Å²) in [6.07, 6.45) is 0. The van der Waals surface area contributed by atoms with E-state index in [0.29, 0.717) is 28.5 Å². The molecule has 102 valence electrons. The van der Waals surface area contributed by atoms with Crippen molar-refractivity contribution >= 4 is 40.2 Å². The summed E-state index contributed by atoms with van der Waals surface area (Å²) in [5, 5.41) is 0.698. The fourth-order valence-corrected chi connectivity index (χ4v) is 2.36. The van der Waals surface area contributed by atoms with E-state index in [2.05, 4.69) is 4.98 Å². The average Bonchev–Trinajstić information content (AvgIpc) is 2.69. The van der Waals surface area contributed by atoms with Gasteiger partial charge >= 0.3 is 0 Å². The number of imidazole rings is 1. The lowest BCUT2D eigenvalue weighted by molar-refractivity contribution is 0.629. The summed E-state index contributed by atoms with van der Waals surface area (Å²) in [6.45, 7) is 0.487. The van der Waals surface area contributed by atoms with Crippen molar-refractivity contribution in [1.82, 2.24) is 9.55 Å². The Kier molecular flexibility index (Phi) is 3.28. The van der Waals surface area contributed by atoms with Gasteiger partial charge in [0.2, 0.25) is 5.95 Å². The largest absolute Gasteiger partial charge is 0.369 e. The molecule has 3 aromatic rings. The van der Waals surface area contributed by atoms with Gasteiger partial charge in [-0.05, 0) is 23.8 Å². The van der Waals surface area contributed by atoms with E-state index >= 15 is 0 Å². The van der Waals surface area contributed by atoms with Crippen LogP contribution in [0.2, 0.25) is 10.0 Å². The van der Waals surface area contributed by atoms with E-state index in [1.807, 2.05) is 12.1 Å². The van der Waals surface area contributed by atoms with Gasteiger partial charge in [-0.1, -0.05) is 35.3 Å². The van der Waals surface area contributed by atoms with E-state index in [9.17, 15) is 4.39 Å². The first-order chi connectivity index (χ1) is 9.54. The number of rotatable bonds is 2. The number of aromatic nitrogens is 2. The number of nitrogens with two attached hydrogens (primary N) is 1. The number of nitrogens with zero attached hydrogens (tertiary/aromatic N) is 2. The molecule has 0 unspecified atom stereocenters. The van der Waals surface area contributed by atoms with E-state index in [1.165, 1.54) is 12.1 Å². The maximum atomic E-state index is 13.6. The third kappa shape index (κ3) is 2.32. The van der Waals surface area contributed by atoms with Crippen molar-refractivity contribution in [1.29, 1.82) is 0 Å². The van der Waals surface area contributed by atoms with Crippen molar-refractivity contribution in [2.24, 2.45) is 0 Å². The molecule has 6 heteroatoms. The predicted molar refractivity (Wildman–Crippen MR) is 79.7 cm³/mol. The van der Waals surface area contributed by atoms with Crippen LogP contribution in [-0.4, -0.2) is 9.55 Å². The maximum Gasteiger partial charge on any atom is 0.201 e. The van der Waals surface area contributed by atoms with Crippen molar-refractivity contribution in [2.45, 2.75) is 6.54 Å². The molecule has 0 amide bonds. The summed E-state index contributed by atoms with van der Waals surface area (Å²) in [4.78, 5) is 4.19. The van der Waals surface area contributed by atoms with E-state index in [0.717, 1.165) is 5.56 Å². The second-order valence-electron chi connectivity index (χ2n) is 4.44. The molecule has 0 saturated heterocycles. The van der Waals surface area contributed by atoms with Gasteiger partial charge in [0, 0.05) is 11.1 Å². The standard InChI is InChI=1S/C14H10Cl2FN3/c15-9-3-1-8(2-4-9)7-20-13-6-11(17)10(16)5-12(13)19-14(20)18/h1-6H,7H2,(H2,18,19). The van der Waals surface area contributed by atoms with Gasteiger partial charge in [-0.15, -0.1) is 0 Å². The highest BCUT2D eigenvalue weighted by atomic mass is 35.5. The van der Waals surface area contributed by atoms with Crippen LogP contribution >= 0.6 is 23.2 Å².